The summed E-state index contributed by atoms with van der Waals surface area (Å²) < 4.78 is 6.79. The van der Waals surface area contributed by atoms with Crippen molar-refractivity contribution in [2.24, 2.45) is 0 Å². The molecule has 0 fully saturated rings. The summed E-state index contributed by atoms with van der Waals surface area (Å²) in [5.74, 6) is 0.928. The van der Waals surface area contributed by atoms with Gasteiger partial charge in [-0.15, -0.1) is 0 Å². The van der Waals surface area contributed by atoms with Crippen molar-refractivity contribution in [3.63, 3.8) is 0 Å². The summed E-state index contributed by atoms with van der Waals surface area (Å²) in [5, 5.41) is 0.144. The number of imidazole rings is 1. The Hall–Kier alpha value is -1.73. The molecule has 0 saturated carbocycles. The number of nitrogens with zero attached hydrogens (tertiary/aromatic N) is 6. The van der Waals surface area contributed by atoms with Gasteiger partial charge in [0.05, 0.1) is 12.6 Å². The van der Waals surface area contributed by atoms with Crippen LogP contribution in [0.25, 0.3) is 5.95 Å². The first-order valence-corrected chi connectivity index (χ1v) is 6.11. The van der Waals surface area contributed by atoms with Crippen molar-refractivity contribution in [1.29, 1.82) is 0 Å². The maximum absolute atomic E-state index is 5.94. The summed E-state index contributed by atoms with van der Waals surface area (Å²) in [4.78, 5) is 18.4. The molecule has 0 radical (unpaired) electrons. The van der Waals surface area contributed by atoms with E-state index in [1.54, 1.807) is 30.4 Å². The Morgan fingerprint density at radius 1 is 1.42 bits per heavy atom. The molecule has 0 aliphatic rings. The lowest BCUT2D eigenvalue weighted by Crippen LogP contribution is -2.34. The van der Waals surface area contributed by atoms with Crippen molar-refractivity contribution >= 4 is 17.5 Å². The molecule has 2 rings (SSSR count). The monoisotopic (exact) mass is 282 g/mol. The molecule has 7 nitrogen and oxygen atoms in total. The summed E-state index contributed by atoms with van der Waals surface area (Å²) in [6, 6.07) is 0.124. The maximum atomic E-state index is 5.94. The van der Waals surface area contributed by atoms with Crippen LogP contribution in [0.3, 0.4) is 0 Å². The van der Waals surface area contributed by atoms with Crippen LogP contribution >= 0.6 is 11.6 Å². The Labute approximate surface area is 116 Å². The third kappa shape index (κ3) is 3.18. The van der Waals surface area contributed by atoms with Gasteiger partial charge in [-0.2, -0.15) is 15.0 Å². The van der Waals surface area contributed by atoms with Crippen molar-refractivity contribution in [3.05, 3.63) is 24.0 Å². The van der Waals surface area contributed by atoms with Crippen LogP contribution in [0.5, 0.6) is 0 Å². The molecule has 0 aromatic carbocycles. The van der Waals surface area contributed by atoms with E-state index in [9.17, 15) is 0 Å². The fourth-order valence-corrected chi connectivity index (χ4v) is 1.68. The molecule has 1 unspecified atom stereocenters. The van der Waals surface area contributed by atoms with Crippen LogP contribution in [-0.4, -0.2) is 51.3 Å². The number of hydrogen-bond donors (Lipinski definition) is 0. The first-order chi connectivity index (χ1) is 9.11. The standard InChI is InChI=1S/C11H15ClN6O/c1-8(6-19-3)17(2)10-14-9(12)15-11(16-10)18-5-4-13-7-18/h4-5,7-8H,6H2,1-3H3. The molecular weight excluding hydrogens is 268 g/mol. The second-order valence-electron chi connectivity index (χ2n) is 4.09. The first-order valence-electron chi connectivity index (χ1n) is 5.73. The topological polar surface area (TPSA) is 69.0 Å². The molecule has 0 aliphatic heterocycles. The second-order valence-corrected chi connectivity index (χ2v) is 4.43. The number of halogens is 1. The van der Waals surface area contributed by atoms with Crippen molar-refractivity contribution < 1.29 is 4.74 Å². The van der Waals surface area contributed by atoms with E-state index < -0.39 is 0 Å². The zero-order valence-corrected chi connectivity index (χ0v) is 11.7. The molecule has 1 atom stereocenters. The van der Waals surface area contributed by atoms with Crippen LogP contribution in [0, 0.1) is 0 Å². The van der Waals surface area contributed by atoms with Crippen LogP contribution in [0.2, 0.25) is 5.28 Å². The molecule has 2 aromatic heterocycles. The number of aromatic nitrogens is 5. The van der Waals surface area contributed by atoms with E-state index in [1.807, 2.05) is 18.9 Å². The highest BCUT2D eigenvalue weighted by atomic mass is 35.5. The van der Waals surface area contributed by atoms with Crippen LogP contribution in [-0.2, 0) is 4.74 Å². The Morgan fingerprint density at radius 3 is 2.84 bits per heavy atom. The highest BCUT2D eigenvalue weighted by Crippen LogP contribution is 2.14. The zero-order chi connectivity index (χ0) is 13.8. The number of anilines is 1. The predicted molar refractivity (Wildman–Crippen MR) is 71.7 cm³/mol. The van der Waals surface area contributed by atoms with Gasteiger partial charge in [-0.05, 0) is 18.5 Å². The second kappa shape index (κ2) is 5.94. The molecule has 102 valence electrons. The number of likely N-dealkylation sites (N-methyl/N-ethyl adjacent to an activating group) is 1. The molecule has 0 bridgehead atoms. The molecule has 2 heterocycles. The van der Waals surface area contributed by atoms with E-state index in [2.05, 4.69) is 19.9 Å². The number of rotatable bonds is 5. The van der Waals surface area contributed by atoms with Crippen LogP contribution in [0.1, 0.15) is 6.92 Å². The summed E-state index contributed by atoms with van der Waals surface area (Å²) in [6.07, 6.45) is 5.00. The summed E-state index contributed by atoms with van der Waals surface area (Å²) in [5.41, 5.74) is 0. The van der Waals surface area contributed by atoms with Gasteiger partial charge < -0.3 is 9.64 Å². The minimum atomic E-state index is 0.124. The van der Waals surface area contributed by atoms with Gasteiger partial charge in [-0.3, -0.25) is 4.57 Å². The minimum Gasteiger partial charge on any atom is -0.383 e. The molecule has 2 aromatic rings. The van der Waals surface area contributed by atoms with Gasteiger partial charge >= 0.3 is 0 Å². The number of hydrogen-bond acceptors (Lipinski definition) is 6. The van der Waals surface area contributed by atoms with Crippen molar-refractivity contribution in [2.75, 3.05) is 25.7 Å². The SMILES string of the molecule is COCC(C)N(C)c1nc(Cl)nc(-n2ccnc2)n1. The predicted octanol–water partition coefficient (Wildman–Crippen LogP) is 1.18. The third-order valence-corrected chi connectivity index (χ3v) is 2.87. The molecule has 0 N–H and O–H groups in total. The van der Waals surface area contributed by atoms with Gasteiger partial charge in [0.2, 0.25) is 17.2 Å². The minimum absolute atomic E-state index is 0.124. The first kappa shape index (κ1) is 13.7. The smallest absolute Gasteiger partial charge is 0.241 e. The summed E-state index contributed by atoms with van der Waals surface area (Å²) in [7, 11) is 3.54. The Balaban J connectivity index is 2.31. The van der Waals surface area contributed by atoms with E-state index in [0.29, 0.717) is 18.5 Å². The normalized spacial score (nSPS) is 12.4. The van der Waals surface area contributed by atoms with Gasteiger partial charge in [0.25, 0.3) is 0 Å². The van der Waals surface area contributed by atoms with Crippen molar-refractivity contribution in [3.8, 4) is 5.95 Å². The Bertz CT molecular complexity index is 532. The van der Waals surface area contributed by atoms with Gasteiger partial charge in [0, 0.05) is 26.6 Å². The van der Waals surface area contributed by atoms with Crippen LogP contribution in [0.4, 0.5) is 5.95 Å². The summed E-state index contributed by atoms with van der Waals surface area (Å²) in [6.45, 7) is 2.58. The van der Waals surface area contributed by atoms with Crippen LogP contribution < -0.4 is 4.90 Å². The lowest BCUT2D eigenvalue weighted by Gasteiger charge is -2.24. The molecule has 0 aliphatic carbocycles. The fraction of sp³-hybridized carbons (Fsp3) is 0.455. The van der Waals surface area contributed by atoms with Crippen molar-refractivity contribution in [2.45, 2.75) is 13.0 Å². The van der Waals surface area contributed by atoms with Gasteiger partial charge in [-0.1, -0.05) is 0 Å². The Morgan fingerprint density at radius 2 is 2.21 bits per heavy atom. The number of ether oxygens (including phenoxy) is 1. The van der Waals surface area contributed by atoms with E-state index >= 15 is 0 Å². The average molecular weight is 283 g/mol. The quantitative estimate of drug-likeness (QED) is 0.820. The molecule has 8 heteroatoms. The van der Waals surface area contributed by atoms with Gasteiger partial charge in [-0.25, -0.2) is 4.98 Å². The van der Waals surface area contributed by atoms with Gasteiger partial charge in [0.15, 0.2) is 0 Å². The average Bonchev–Trinajstić information content (AvgIpc) is 2.91. The van der Waals surface area contributed by atoms with Gasteiger partial charge in [0.1, 0.15) is 6.33 Å². The van der Waals surface area contributed by atoms with E-state index in [-0.39, 0.29) is 11.3 Å². The van der Waals surface area contributed by atoms with E-state index in [4.69, 9.17) is 16.3 Å². The fourth-order valence-electron chi connectivity index (χ4n) is 1.53. The summed E-state index contributed by atoms with van der Waals surface area (Å²) >= 11 is 5.94. The highest BCUT2D eigenvalue weighted by molar-refractivity contribution is 6.28. The maximum Gasteiger partial charge on any atom is 0.241 e. The molecule has 0 saturated heterocycles. The third-order valence-electron chi connectivity index (χ3n) is 2.70. The number of methoxy groups -OCH3 is 1. The van der Waals surface area contributed by atoms with Crippen LogP contribution in [0.15, 0.2) is 18.7 Å². The lowest BCUT2D eigenvalue weighted by atomic mass is 10.3. The Kier molecular flexibility index (Phi) is 4.28. The molecule has 19 heavy (non-hydrogen) atoms. The molecule has 0 amide bonds. The highest BCUT2D eigenvalue weighted by Gasteiger charge is 2.15. The molecular formula is C11H15ClN6O. The zero-order valence-electron chi connectivity index (χ0n) is 11.0. The molecule has 0 spiro atoms. The van der Waals surface area contributed by atoms with E-state index in [0.717, 1.165) is 0 Å². The lowest BCUT2D eigenvalue weighted by molar-refractivity contribution is 0.183. The largest absolute Gasteiger partial charge is 0.383 e. The van der Waals surface area contributed by atoms with E-state index in [1.165, 1.54) is 0 Å². The van der Waals surface area contributed by atoms with Crippen molar-refractivity contribution in [1.82, 2.24) is 24.5 Å².